The first kappa shape index (κ1) is 9.59. The minimum absolute atomic E-state index is 0.801. The van der Waals surface area contributed by atoms with Gasteiger partial charge in [0.25, 0.3) is 0 Å². The summed E-state index contributed by atoms with van der Waals surface area (Å²) in [4.78, 5) is 0. The Balaban J connectivity index is 2.12. The van der Waals surface area contributed by atoms with Gasteiger partial charge in [-0.25, -0.2) is 0 Å². The predicted molar refractivity (Wildman–Crippen MR) is 58.6 cm³/mol. The molecule has 0 N–H and O–H groups in total. The molecule has 0 aromatic carbocycles. The Kier molecular flexibility index (Phi) is 2.88. The Bertz CT molecular complexity index is 435. The number of nitrogens with zero attached hydrogens (tertiary/aromatic N) is 2. The van der Waals surface area contributed by atoms with E-state index in [0.29, 0.717) is 0 Å². The van der Waals surface area contributed by atoms with E-state index in [2.05, 4.69) is 11.1 Å². The van der Waals surface area contributed by atoms with Crippen molar-refractivity contribution in [2.45, 2.75) is 6.54 Å². The highest BCUT2D eigenvalue weighted by Crippen LogP contribution is 1.89. The molecule has 0 aliphatic rings. The molecule has 0 saturated heterocycles. The lowest BCUT2D eigenvalue weighted by molar-refractivity contribution is -0.709. The molecule has 2 heterocycles. The molecule has 2 aromatic heterocycles. The zero-order chi connectivity index (χ0) is 10.5. The minimum Gasteiger partial charge on any atom is -0.195 e. The number of rotatable bonds is 3. The first-order valence-corrected chi connectivity index (χ1v) is 4.95. The summed E-state index contributed by atoms with van der Waals surface area (Å²) in [6, 6.07) is 12.0. The molecule has 0 spiro atoms. The van der Waals surface area contributed by atoms with Gasteiger partial charge in [0.15, 0.2) is 24.8 Å². The van der Waals surface area contributed by atoms with E-state index in [0.717, 1.165) is 12.2 Å². The maximum atomic E-state index is 4.06. The molecular weight excluding hydrogens is 184 g/mol. The third kappa shape index (κ3) is 2.50. The molecule has 0 fully saturated rings. The van der Waals surface area contributed by atoms with Gasteiger partial charge >= 0.3 is 0 Å². The molecule has 0 bridgehead atoms. The number of pyridine rings is 2. The monoisotopic (exact) mass is 198 g/mol. The Morgan fingerprint density at radius 2 is 1.33 bits per heavy atom. The van der Waals surface area contributed by atoms with Crippen molar-refractivity contribution in [1.29, 1.82) is 0 Å². The highest BCUT2D eigenvalue weighted by Gasteiger charge is 2.10. The van der Waals surface area contributed by atoms with Crippen molar-refractivity contribution < 1.29 is 9.13 Å². The van der Waals surface area contributed by atoms with E-state index in [9.17, 15) is 0 Å². The van der Waals surface area contributed by atoms with Crippen LogP contribution < -0.4 is 9.13 Å². The smallest absolute Gasteiger partial charge is 0.195 e. The van der Waals surface area contributed by atoms with Crippen LogP contribution in [0.3, 0.4) is 0 Å². The molecule has 0 aliphatic carbocycles. The van der Waals surface area contributed by atoms with Crippen LogP contribution in [0.15, 0.2) is 67.8 Å². The van der Waals surface area contributed by atoms with E-state index in [-0.39, 0.29) is 0 Å². The normalized spacial score (nSPS) is 9.87. The molecule has 0 radical (unpaired) electrons. The molecule has 15 heavy (non-hydrogen) atoms. The van der Waals surface area contributed by atoms with E-state index < -0.39 is 0 Å². The highest BCUT2D eigenvalue weighted by atomic mass is 15.0. The summed E-state index contributed by atoms with van der Waals surface area (Å²) in [5.41, 5.74) is 1.05. The first-order chi connectivity index (χ1) is 7.36. The largest absolute Gasteiger partial charge is 0.245 e. The van der Waals surface area contributed by atoms with Crippen LogP contribution in [0.4, 0.5) is 0 Å². The fourth-order valence-corrected chi connectivity index (χ4v) is 1.44. The second-order valence-corrected chi connectivity index (χ2v) is 3.40. The van der Waals surface area contributed by atoms with Crippen LogP contribution in [0, 0.1) is 0 Å². The van der Waals surface area contributed by atoms with Gasteiger partial charge < -0.3 is 0 Å². The molecule has 0 atom stereocenters. The summed E-state index contributed by atoms with van der Waals surface area (Å²) in [7, 11) is 0. The maximum absolute atomic E-state index is 4.06. The summed E-state index contributed by atoms with van der Waals surface area (Å²) >= 11 is 0. The molecule has 0 amide bonds. The second kappa shape index (κ2) is 4.51. The van der Waals surface area contributed by atoms with Gasteiger partial charge in [0.1, 0.15) is 0 Å². The van der Waals surface area contributed by atoms with Crippen LogP contribution >= 0.6 is 0 Å². The lowest BCUT2D eigenvalue weighted by atomic mass is 10.4. The number of allylic oxidation sites excluding steroid dienone is 1. The average molecular weight is 198 g/mol. The summed E-state index contributed by atoms with van der Waals surface area (Å²) in [6.45, 7) is 4.86. The first-order valence-electron chi connectivity index (χ1n) is 4.95. The van der Waals surface area contributed by atoms with Crippen molar-refractivity contribution in [2.24, 2.45) is 0 Å². The Labute approximate surface area is 89.8 Å². The summed E-state index contributed by atoms with van der Waals surface area (Å²) < 4.78 is 4.13. The summed E-state index contributed by atoms with van der Waals surface area (Å²) in [5, 5.41) is 0. The Morgan fingerprint density at radius 3 is 1.93 bits per heavy atom. The van der Waals surface area contributed by atoms with Gasteiger partial charge in [-0.05, 0) is 6.58 Å². The van der Waals surface area contributed by atoms with Crippen LogP contribution in [-0.4, -0.2) is 0 Å². The zero-order valence-electron chi connectivity index (χ0n) is 8.58. The third-order valence-corrected chi connectivity index (χ3v) is 2.22. The molecule has 0 aliphatic heterocycles. The molecule has 0 unspecified atom stereocenters. The van der Waals surface area contributed by atoms with Gasteiger partial charge in [0.2, 0.25) is 12.2 Å². The maximum Gasteiger partial charge on any atom is 0.245 e. The van der Waals surface area contributed by atoms with Crippen LogP contribution in [-0.2, 0) is 6.54 Å². The lowest BCUT2D eigenvalue weighted by Gasteiger charge is -1.96. The van der Waals surface area contributed by atoms with E-state index >= 15 is 0 Å². The number of hydrogen-bond acceptors (Lipinski definition) is 0. The van der Waals surface area contributed by atoms with E-state index in [1.165, 1.54) is 0 Å². The van der Waals surface area contributed by atoms with Crippen LogP contribution in [0.5, 0.6) is 0 Å². The fourth-order valence-electron chi connectivity index (χ4n) is 1.44. The Morgan fingerprint density at radius 1 is 0.800 bits per heavy atom. The average Bonchev–Trinajstić information content (AvgIpc) is 2.31. The van der Waals surface area contributed by atoms with Crippen molar-refractivity contribution in [3.8, 4) is 0 Å². The quantitative estimate of drug-likeness (QED) is 0.659. The molecule has 74 valence electrons. The van der Waals surface area contributed by atoms with Crippen molar-refractivity contribution in [3.63, 3.8) is 0 Å². The number of aromatic nitrogens is 2. The standard InChI is InChI=1S/C13H14N2/c1-13(15-10-6-3-7-11-15)12-14-8-4-2-5-9-14/h2-11H,1,12H2/q+2. The van der Waals surface area contributed by atoms with Gasteiger partial charge in [-0.1, -0.05) is 12.1 Å². The van der Waals surface area contributed by atoms with Crippen molar-refractivity contribution in [1.82, 2.24) is 0 Å². The predicted octanol–water partition coefficient (Wildman–Crippen LogP) is 1.43. The second-order valence-electron chi connectivity index (χ2n) is 3.40. The fraction of sp³-hybridized carbons (Fsp3) is 0.0769. The summed E-state index contributed by atoms with van der Waals surface area (Å²) in [5.74, 6) is 0. The molecule has 2 heteroatoms. The van der Waals surface area contributed by atoms with E-state index in [1.54, 1.807) is 0 Å². The van der Waals surface area contributed by atoms with Gasteiger partial charge in [0.05, 0.1) is 0 Å². The van der Waals surface area contributed by atoms with E-state index in [4.69, 9.17) is 0 Å². The highest BCUT2D eigenvalue weighted by molar-refractivity contribution is 5.24. The minimum atomic E-state index is 0.801. The topological polar surface area (TPSA) is 7.76 Å². The molecular formula is C13H14N2+2. The van der Waals surface area contributed by atoms with Crippen molar-refractivity contribution in [2.75, 3.05) is 0 Å². The lowest BCUT2D eigenvalue weighted by Crippen LogP contribution is -2.41. The zero-order valence-corrected chi connectivity index (χ0v) is 8.58. The third-order valence-electron chi connectivity index (χ3n) is 2.22. The van der Waals surface area contributed by atoms with E-state index in [1.807, 2.05) is 65.8 Å². The van der Waals surface area contributed by atoms with Gasteiger partial charge in [-0.15, -0.1) is 0 Å². The SMILES string of the molecule is C=C(C[n+]1ccccc1)[n+]1ccccc1. The van der Waals surface area contributed by atoms with Crippen LogP contribution in [0.25, 0.3) is 5.70 Å². The van der Waals surface area contributed by atoms with Crippen LogP contribution in [0.2, 0.25) is 0 Å². The molecule has 2 rings (SSSR count). The van der Waals surface area contributed by atoms with Gasteiger partial charge in [0, 0.05) is 24.3 Å². The molecule has 0 saturated carbocycles. The van der Waals surface area contributed by atoms with Crippen LogP contribution in [0.1, 0.15) is 0 Å². The van der Waals surface area contributed by atoms with Gasteiger partial charge in [-0.2, -0.15) is 9.13 Å². The summed E-state index contributed by atoms with van der Waals surface area (Å²) in [6.07, 6.45) is 8.08. The number of hydrogen-bond donors (Lipinski definition) is 0. The Hall–Kier alpha value is -1.96. The molecule has 2 aromatic rings. The van der Waals surface area contributed by atoms with Gasteiger partial charge in [-0.3, -0.25) is 0 Å². The van der Waals surface area contributed by atoms with Crippen molar-refractivity contribution >= 4 is 5.70 Å². The van der Waals surface area contributed by atoms with Crippen molar-refractivity contribution in [3.05, 3.63) is 67.8 Å². The molecule has 2 nitrogen and oxygen atoms in total.